The Labute approximate surface area is 152 Å². The predicted octanol–water partition coefficient (Wildman–Crippen LogP) is 2.11. The molecule has 0 bridgehead atoms. The molecule has 7 heteroatoms. The number of ether oxygens (including phenoxy) is 1. The maximum Gasteiger partial charge on any atom is 0.377 e. The average molecular weight is 357 g/mol. The first kappa shape index (κ1) is 18.0. The van der Waals surface area contributed by atoms with E-state index in [0.29, 0.717) is 18.8 Å². The summed E-state index contributed by atoms with van der Waals surface area (Å²) in [4.78, 5) is 28.1. The number of carbonyl (C=O) groups is 2. The molecule has 0 radical (unpaired) electrons. The number of esters is 1. The minimum atomic E-state index is -0.673. The van der Waals surface area contributed by atoms with Crippen molar-refractivity contribution in [2.45, 2.75) is 20.8 Å². The van der Waals surface area contributed by atoms with Crippen LogP contribution in [0.4, 0.5) is 5.69 Å². The molecule has 138 valence electrons. The Morgan fingerprint density at radius 1 is 1.15 bits per heavy atom. The Bertz CT molecular complexity index is 807. The van der Waals surface area contributed by atoms with Gasteiger partial charge in [0, 0.05) is 37.9 Å². The molecule has 2 aromatic rings. The maximum atomic E-state index is 12.3. The van der Waals surface area contributed by atoms with E-state index in [9.17, 15) is 9.59 Å². The summed E-state index contributed by atoms with van der Waals surface area (Å²) < 4.78 is 9.86. The zero-order chi connectivity index (χ0) is 18.7. The molecule has 0 unspecified atom stereocenters. The molecule has 26 heavy (non-hydrogen) atoms. The van der Waals surface area contributed by atoms with Crippen LogP contribution in [0.2, 0.25) is 0 Å². The van der Waals surface area contributed by atoms with E-state index in [1.54, 1.807) is 11.8 Å². The standard InChI is InChI=1S/C19H23N3O4/c1-13-5-4-6-16(15(13)3)21-7-9-22(10-8-21)18(23)12-25-19(24)17-11-14(2)20-26-17/h4-6,11H,7-10,12H2,1-3H3. The highest BCUT2D eigenvalue weighted by atomic mass is 16.6. The number of piperazine rings is 1. The number of amides is 1. The van der Waals surface area contributed by atoms with Gasteiger partial charge in [-0.05, 0) is 38.0 Å². The van der Waals surface area contributed by atoms with Gasteiger partial charge < -0.3 is 19.1 Å². The van der Waals surface area contributed by atoms with Crippen LogP contribution in [0.25, 0.3) is 0 Å². The molecule has 0 N–H and O–H groups in total. The first-order chi connectivity index (χ1) is 12.5. The lowest BCUT2D eigenvalue weighted by atomic mass is 10.1. The lowest BCUT2D eigenvalue weighted by molar-refractivity contribution is -0.134. The Morgan fingerprint density at radius 3 is 2.54 bits per heavy atom. The number of aryl methyl sites for hydroxylation is 2. The smallest absolute Gasteiger partial charge is 0.377 e. The van der Waals surface area contributed by atoms with Crippen molar-refractivity contribution in [3.63, 3.8) is 0 Å². The third-order valence-corrected chi connectivity index (χ3v) is 4.70. The second-order valence-electron chi connectivity index (χ2n) is 6.50. The van der Waals surface area contributed by atoms with Gasteiger partial charge in [-0.1, -0.05) is 17.3 Å². The van der Waals surface area contributed by atoms with Gasteiger partial charge >= 0.3 is 5.97 Å². The molecule has 0 spiro atoms. The Balaban J connectivity index is 1.50. The highest BCUT2D eigenvalue weighted by Gasteiger charge is 2.24. The minimum Gasteiger partial charge on any atom is -0.450 e. The molecule has 0 atom stereocenters. The average Bonchev–Trinajstić information content (AvgIpc) is 3.08. The van der Waals surface area contributed by atoms with Gasteiger partial charge in [0.2, 0.25) is 5.76 Å². The number of rotatable bonds is 4. The summed E-state index contributed by atoms with van der Waals surface area (Å²) in [6, 6.07) is 7.75. The van der Waals surface area contributed by atoms with E-state index < -0.39 is 5.97 Å². The van der Waals surface area contributed by atoms with Crippen LogP contribution in [0.15, 0.2) is 28.8 Å². The van der Waals surface area contributed by atoms with Gasteiger partial charge in [0.25, 0.3) is 5.91 Å². The number of hydrogen-bond acceptors (Lipinski definition) is 6. The van der Waals surface area contributed by atoms with Crippen molar-refractivity contribution in [3.8, 4) is 0 Å². The maximum absolute atomic E-state index is 12.3. The van der Waals surface area contributed by atoms with E-state index in [1.807, 2.05) is 0 Å². The fourth-order valence-electron chi connectivity index (χ4n) is 3.02. The first-order valence-corrected chi connectivity index (χ1v) is 8.65. The van der Waals surface area contributed by atoms with E-state index in [1.165, 1.54) is 22.9 Å². The fourth-order valence-corrected chi connectivity index (χ4v) is 3.02. The normalized spacial score (nSPS) is 14.4. The molecular weight excluding hydrogens is 334 g/mol. The van der Waals surface area contributed by atoms with Crippen LogP contribution in [-0.4, -0.2) is 54.7 Å². The second kappa shape index (κ2) is 7.59. The molecule has 1 fully saturated rings. The monoisotopic (exact) mass is 357 g/mol. The quantitative estimate of drug-likeness (QED) is 0.780. The van der Waals surface area contributed by atoms with Gasteiger partial charge in [-0.15, -0.1) is 0 Å². The molecule has 2 heterocycles. The Hall–Kier alpha value is -2.83. The van der Waals surface area contributed by atoms with E-state index in [-0.39, 0.29) is 18.3 Å². The molecular formula is C19H23N3O4. The number of carbonyl (C=O) groups excluding carboxylic acids is 2. The highest BCUT2D eigenvalue weighted by Crippen LogP contribution is 2.23. The predicted molar refractivity (Wildman–Crippen MR) is 96.2 cm³/mol. The minimum absolute atomic E-state index is 0.00930. The van der Waals surface area contributed by atoms with Gasteiger partial charge in [-0.2, -0.15) is 0 Å². The van der Waals surface area contributed by atoms with Crippen LogP contribution in [-0.2, 0) is 9.53 Å². The Kier molecular flexibility index (Phi) is 5.25. The van der Waals surface area contributed by atoms with Crippen molar-refractivity contribution in [1.29, 1.82) is 0 Å². The Morgan fingerprint density at radius 2 is 1.88 bits per heavy atom. The van der Waals surface area contributed by atoms with Crippen molar-refractivity contribution in [3.05, 3.63) is 46.8 Å². The summed E-state index contributed by atoms with van der Waals surface area (Å²) in [5.74, 6) is -0.863. The molecule has 0 aliphatic carbocycles. The van der Waals surface area contributed by atoms with Crippen molar-refractivity contribution < 1.29 is 18.8 Å². The molecule has 3 rings (SSSR count). The van der Waals surface area contributed by atoms with Gasteiger partial charge in [-0.3, -0.25) is 4.79 Å². The molecule has 1 aliphatic heterocycles. The van der Waals surface area contributed by atoms with Gasteiger partial charge in [0.1, 0.15) is 0 Å². The first-order valence-electron chi connectivity index (χ1n) is 8.65. The summed E-state index contributed by atoms with van der Waals surface area (Å²) in [5.41, 5.74) is 4.33. The summed E-state index contributed by atoms with van der Waals surface area (Å²) in [6.45, 7) is 8.35. The van der Waals surface area contributed by atoms with Crippen LogP contribution in [0, 0.1) is 20.8 Å². The lowest BCUT2D eigenvalue weighted by Crippen LogP contribution is -2.50. The largest absolute Gasteiger partial charge is 0.450 e. The fraction of sp³-hybridized carbons (Fsp3) is 0.421. The summed E-state index contributed by atoms with van der Waals surface area (Å²) >= 11 is 0. The summed E-state index contributed by atoms with van der Waals surface area (Å²) in [7, 11) is 0. The van der Waals surface area contributed by atoms with Crippen molar-refractivity contribution in [1.82, 2.24) is 10.1 Å². The third-order valence-electron chi connectivity index (χ3n) is 4.70. The van der Waals surface area contributed by atoms with Crippen molar-refractivity contribution >= 4 is 17.6 Å². The molecule has 1 amide bonds. The number of anilines is 1. The number of benzene rings is 1. The van der Waals surface area contributed by atoms with E-state index in [2.05, 4.69) is 42.1 Å². The van der Waals surface area contributed by atoms with Gasteiger partial charge in [-0.25, -0.2) is 4.79 Å². The lowest BCUT2D eigenvalue weighted by Gasteiger charge is -2.37. The number of nitrogens with zero attached hydrogens (tertiary/aromatic N) is 3. The van der Waals surface area contributed by atoms with Crippen LogP contribution in [0.1, 0.15) is 27.4 Å². The van der Waals surface area contributed by atoms with Crippen LogP contribution >= 0.6 is 0 Å². The van der Waals surface area contributed by atoms with Gasteiger partial charge in [0.05, 0.1) is 5.69 Å². The topological polar surface area (TPSA) is 75.9 Å². The third kappa shape index (κ3) is 3.87. The molecule has 1 aliphatic rings. The van der Waals surface area contributed by atoms with E-state index in [4.69, 9.17) is 9.26 Å². The molecule has 0 saturated carbocycles. The zero-order valence-electron chi connectivity index (χ0n) is 15.3. The summed E-state index contributed by atoms with van der Waals surface area (Å²) in [6.07, 6.45) is 0. The van der Waals surface area contributed by atoms with E-state index in [0.717, 1.165) is 13.1 Å². The highest BCUT2D eigenvalue weighted by molar-refractivity contribution is 5.88. The van der Waals surface area contributed by atoms with Crippen LogP contribution in [0.3, 0.4) is 0 Å². The van der Waals surface area contributed by atoms with Crippen molar-refractivity contribution in [2.24, 2.45) is 0 Å². The number of hydrogen-bond donors (Lipinski definition) is 0. The summed E-state index contributed by atoms with van der Waals surface area (Å²) in [5, 5.41) is 3.63. The molecule has 7 nitrogen and oxygen atoms in total. The second-order valence-corrected chi connectivity index (χ2v) is 6.50. The molecule has 1 saturated heterocycles. The van der Waals surface area contributed by atoms with Crippen LogP contribution in [0.5, 0.6) is 0 Å². The van der Waals surface area contributed by atoms with Crippen LogP contribution < -0.4 is 4.90 Å². The van der Waals surface area contributed by atoms with Crippen molar-refractivity contribution in [2.75, 3.05) is 37.7 Å². The zero-order valence-corrected chi connectivity index (χ0v) is 15.3. The SMILES string of the molecule is Cc1cc(C(=O)OCC(=O)N2CCN(c3cccc(C)c3C)CC2)on1. The molecule has 1 aromatic carbocycles. The number of aromatic nitrogens is 1. The van der Waals surface area contributed by atoms with Gasteiger partial charge in [0.15, 0.2) is 6.61 Å². The van der Waals surface area contributed by atoms with E-state index >= 15 is 0 Å². The molecule has 1 aromatic heterocycles.